The summed E-state index contributed by atoms with van der Waals surface area (Å²) in [6.07, 6.45) is 0.771. The standard InChI is InChI=1S/C14H14N6/c15-6-3-7-20-13(17)9(8-16)12-14(20)19-11-5-2-1-4-10(11)18-12/h1-2,4-5H,3,6-7,15,17H2. The minimum absolute atomic E-state index is 0.385. The normalized spacial score (nSPS) is 11.0. The van der Waals surface area contributed by atoms with Crippen molar-refractivity contribution in [3.05, 3.63) is 29.8 Å². The Kier molecular flexibility index (Phi) is 2.97. The Labute approximate surface area is 115 Å². The molecule has 0 aliphatic heterocycles. The van der Waals surface area contributed by atoms with E-state index >= 15 is 0 Å². The summed E-state index contributed by atoms with van der Waals surface area (Å²) in [5.74, 6) is 0.409. The SMILES string of the molecule is N#Cc1c(N)n(CCCN)c2nc3ccccc3nc12. The monoisotopic (exact) mass is 266 g/mol. The predicted octanol–water partition coefficient (Wildman–Crippen LogP) is 1.39. The lowest BCUT2D eigenvalue weighted by Gasteiger charge is -2.05. The van der Waals surface area contributed by atoms with Crippen LogP contribution in [-0.4, -0.2) is 21.1 Å². The summed E-state index contributed by atoms with van der Waals surface area (Å²) in [4.78, 5) is 9.11. The van der Waals surface area contributed by atoms with E-state index in [1.54, 1.807) is 0 Å². The first-order chi connectivity index (χ1) is 9.76. The van der Waals surface area contributed by atoms with Crippen molar-refractivity contribution in [1.82, 2.24) is 14.5 Å². The quantitative estimate of drug-likeness (QED) is 0.745. The van der Waals surface area contributed by atoms with E-state index in [4.69, 9.17) is 11.5 Å². The maximum atomic E-state index is 9.29. The molecule has 0 radical (unpaired) electrons. The van der Waals surface area contributed by atoms with Crippen molar-refractivity contribution in [3.8, 4) is 6.07 Å². The summed E-state index contributed by atoms with van der Waals surface area (Å²) >= 11 is 0. The van der Waals surface area contributed by atoms with Gasteiger partial charge in [-0.1, -0.05) is 12.1 Å². The van der Waals surface area contributed by atoms with Crippen LogP contribution in [0.2, 0.25) is 0 Å². The number of aryl methyl sites for hydroxylation is 1. The molecule has 3 rings (SSSR count). The molecule has 2 aromatic heterocycles. The minimum atomic E-state index is 0.385. The molecule has 0 spiro atoms. The summed E-state index contributed by atoms with van der Waals surface area (Å²) in [5.41, 5.74) is 14.7. The molecular weight excluding hydrogens is 252 g/mol. The van der Waals surface area contributed by atoms with Crippen LogP contribution in [0.3, 0.4) is 0 Å². The van der Waals surface area contributed by atoms with Gasteiger partial charge in [0.1, 0.15) is 23.0 Å². The maximum absolute atomic E-state index is 9.29. The van der Waals surface area contributed by atoms with Gasteiger partial charge in [0.25, 0.3) is 0 Å². The number of para-hydroxylation sites is 2. The Hall–Kier alpha value is -2.65. The van der Waals surface area contributed by atoms with Crippen molar-refractivity contribution < 1.29 is 0 Å². The van der Waals surface area contributed by atoms with Crippen LogP contribution in [0, 0.1) is 11.3 Å². The Balaban J connectivity index is 2.35. The Morgan fingerprint density at radius 3 is 2.55 bits per heavy atom. The fraction of sp³-hybridized carbons (Fsp3) is 0.214. The molecule has 0 saturated carbocycles. The molecule has 20 heavy (non-hydrogen) atoms. The first kappa shape index (κ1) is 12.4. The van der Waals surface area contributed by atoms with Gasteiger partial charge >= 0.3 is 0 Å². The highest BCUT2D eigenvalue weighted by atomic mass is 15.1. The highest BCUT2D eigenvalue weighted by molar-refractivity contribution is 5.92. The average molecular weight is 266 g/mol. The van der Waals surface area contributed by atoms with Gasteiger partial charge in [-0.25, -0.2) is 9.97 Å². The summed E-state index contributed by atoms with van der Waals surface area (Å²) in [6, 6.07) is 9.68. The van der Waals surface area contributed by atoms with Crippen LogP contribution in [0.25, 0.3) is 22.2 Å². The van der Waals surface area contributed by atoms with Gasteiger partial charge in [-0.15, -0.1) is 0 Å². The number of nitrogen functional groups attached to an aromatic ring is 1. The molecule has 2 heterocycles. The topological polar surface area (TPSA) is 107 Å². The van der Waals surface area contributed by atoms with E-state index in [9.17, 15) is 5.26 Å². The van der Waals surface area contributed by atoms with Gasteiger partial charge in [-0.2, -0.15) is 5.26 Å². The number of hydrogen-bond acceptors (Lipinski definition) is 5. The molecule has 3 aromatic rings. The molecule has 6 heteroatoms. The van der Waals surface area contributed by atoms with Crippen molar-refractivity contribution in [2.75, 3.05) is 12.3 Å². The van der Waals surface area contributed by atoms with E-state index < -0.39 is 0 Å². The number of aromatic nitrogens is 3. The molecule has 0 atom stereocenters. The molecule has 0 amide bonds. The zero-order valence-corrected chi connectivity index (χ0v) is 10.9. The van der Waals surface area contributed by atoms with Crippen molar-refractivity contribution in [3.63, 3.8) is 0 Å². The second kappa shape index (κ2) is 4.79. The number of fused-ring (bicyclic) bond motifs is 2. The minimum Gasteiger partial charge on any atom is -0.384 e. The second-order valence-corrected chi connectivity index (χ2v) is 4.55. The summed E-state index contributed by atoms with van der Waals surface area (Å²) < 4.78 is 1.82. The summed E-state index contributed by atoms with van der Waals surface area (Å²) in [6.45, 7) is 1.19. The second-order valence-electron chi connectivity index (χ2n) is 4.55. The highest BCUT2D eigenvalue weighted by Crippen LogP contribution is 2.27. The number of nitrogens with zero attached hydrogens (tertiary/aromatic N) is 4. The van der Waals surface area contributed by atoms with Gasteiger partial charge in [0.05, 0.1) is 11.0 Å². The van der Waals surface area contributed by atoms with Crippen LogP contribution >= 0.6 is 0 Å². The number of benzene rings is 1. The fourth-order valence-electron chi connectivity index (χ4n) is 2.30. The third-order valence-corrected chi connectivity index (χ3v) is 3.29. The number of rotatable bonds is 3. The van der Waals surface area contributed by atoms with Crippen LogP contribution in [0.1, 0.15) is 12.0 Å². The lowest BCUT2D eigenvalue weighted by Crippen LogP contribution is -2.09. The molecule has 0 saturated heterocycles. The molecule has 6 nitrogen and oxygen atoms in total. The van der Waals surface area contributed by atoms with E-state index in [0.29, 0.717) is 35.6 Å². The first-order valence-electron chi connectivity index (χ1n) is 6.41. The van der Waals surface area contributed by atoms with Crippen LogP contribution in [0.5, 0.6) is 0 Å². The molecule has 0 aliphatic rings. The average Bonchev–Trinajstić information content (AvgIpc) is 2.73. The van der Waals surface area contributed by atoms with Gasteiger partial charge in [0.2, 0.25) is 0 Å². The van der Waals surface area contributed by atoms with Gasteiger partial charge in [0, 0.05) is 6.54 Å². The summed E-state index contributed by atoms with van der Waals surface area (Å²) in [5, 5.41) is 9.29. The molecule has 0 fully saturated rings. The van der Waals surface area contributed by atoms with E-state index in [1.807, 2.05) is 28.8 Å². The number of anilines is 1. The van der Waals surface area contributed by atoms with Crippen LogP contribution in [0.15, 0.2) is 24.3 Å². The number of nitriles is 1. The molecule has 1 aromatic carbocycles. The zero-order chi connectivity index (χ0) is 14.1. The van der Waals surface area contributed by atoms with Crippen LogP contribution in [-0.2, 0) is 6.54 Å². The Morgan fingerprint density at radius 1 is 1.20 bits per heavy atom. The highest BCUT2D eigenvalue weighted by Gasteiger charge is 2.17. The molecular formula is C14H14N6. The molecule has 4 N–H and O–H groups in total. The van der Waals surface area contributed by atoms with Gasteiger partial charge in [-0.05, 0) is 25.1 Å². The smallest absolute Gasteiger partial charge is 0.162 e. The molecule has 0 unspecified atom stereocenters. The lowest BCUT2D eigenvalue weighted by molar-refractivity contribution is 0.673. The third kappa shape index (κ3) is 1.76. The van der Waals surface area contributed by atoms with Gasteiger partial charge in [0.15, 0.2) is 5.65 Å². The van der Waals surface area contributed by atoms with E-state index in [1.165, 1.54) is 0 Å². The Bertz CT molecular complexity index is 827. The fourth-order valence-corrected chi connectivity index (χ4v) is 2.30. The largest absolute Gasteiger partial charge is 0.384 e. The van der Waals surface area contributed by atoms with Crippen molar-refractivity contribution in [1.29, 1.82) is 5.26 Å². The van der Waals surface area contributed by atoms with Crippen molar-refractivity contribution in [2.24, 2.45) is 5.73 Å². The van der Waals surface area contributed by atoms with Crippen molar-refractivity contribution >= 4 is 28.0 Å². The third-order valence-electron chi connectivity index (χ3n) is 3.29. The van der Waals surface area contributed by atoms with Crippen molar-refractivity contribution in [2.45, 2.75) is 13.0 Å². The van der Waals surface area contributed by atoms with Crippen LogP contribution in [0.4, 0.5) is 5.82 Å². The summed E-state index contributed by atoms with van der Waals surface area (Å²) in [7, 11) is 0. The van der Waals surface area contributed by atoms with E-state index in [2.05, 4.69) is 16.0 Å². The molecule has 100 valence electrons. The van der Waals surface area contributed by atoms with E-state index in [-0.39, 0.29) is 0 Å². The zero-order valence-electron chi connectivity index (χ0n) is 10.9. The maximum Gasteiger partial charge on any atom is 0.162 e. The van der Waals surface area contributed by atoms with Gasteiger partial charge < -0.3 is 16.0 Å². The Morgan fingerprint density at radius 2 is 1.90 bits per heavy atom. The van der Waals surface area contributed by atoms with Crippen LogP contribution < -0.4 is 11.5 Å². The molecule has 0 bridgehead atoms. The van der Waals surface area contributed by atoms with E-state index in [0.717, 1.165) is 17.5 Å². The lowest BCUT2D eigenvalue weighted by atomic mass is 10.2. The number of nitrogens with two attached hydrogens (primary N) is 2. The molecule has 0 aliphatic carbocycles. The van der Waals surface area contributed by atoms with Gasteiger partial charge in [-0.3, -0.25) is 0 Å². The first-order valence-corrected chi connectivity index (χ1v) is 6.41. The number of hydrogen-bond donors (Lipinski definition) is 2. The predicted molar refractivity (Wildman–Crippen MR) is 77.8 cm³/mol.